The second kappa shape index (κ2) is 5.63. The molecule has 0 aromatic carbocycles. The Hall–Kier alpha value is -0.870. The zero-order chi connectivity index (χ0) is 13.2. The van der Waals surface area contributed by atoms with Crippen molar-refractivity contribution in [3.8, 4) is 0 Å². The average molecular weight is 282 g/mol. The van der Waals surface area contributed by atoms with Gasteiger partial charge in [0.25, 0.3) is 0 Å². The number of nitrogens with zero attached hydrogens (tertiary/aromatic N) is 3. The molecule has 2 saturated carbocycles. The molecule has 0 unspecified atom stereocenters. The number of aromatic nitrogens is 2. The monoisotopic (exact) mass is 281 g/mol. The first-order valence-electron chi connectivity index (χ1n) is 7.20. The maximum atomic E-state index is 9.06. The van der Waals surface area contributed by atoms with Crippen LogP contribution in [0.3, 0.4) is 0 Å². The molecule has 2 aliphatic carbocycles. The molecular formula is C14H20ClN3O. The van der Waals surface area contributed by atoms with Crippen LogP contribution in [0.5, 0.6) is 0 Å². The lowest BCUT2D eigenvalue weighted by Crippen LogP contribution is -2.41. The molecule has 2 aliphatic rings. The minimum absolute atomic E-state index is 0.220. The van der Waals surface area contributed by atoms with Crippen LogP contribution in [0, 0.1) is 0 Å². The first-order chi connectivity index (χ1) is 9.28. The maximum Gasteiger partial charge on any atom is 0.135 e. The summed E-state index contributed by atoms with van der Waals surface area (Å²) in [5.74, 6) is 2.36. The summed E-state index contributed by atoms with van der Waals surface area (Å²) >= 11 is 6.14. The molecule has 0 amide bonds. The summed E-state index contributed by atoms with van der Waals surface area (Å²) < 4.78 is 0. The van der Waals surface area contributed by atoms with E-state index < -0.39 is 0 Å². The standard InChI is InChI=1S/C14H20ClN3O/c15-12-9-13(17-14(16-12)10-5-6-10)18(7-2-8-19)11-3-1-4-11/h9-11,19H,1-8H2. The van der Waals surface area contributed by atoms with Gasteiger partial charge in [-0.15, -0.1) is 0 Å². The first-order valence-corrected chi connectivity index (χ1v) is 7.57. The molecule has 5 heteroatoms. The molecule has 104 valence electrons. The Morgan fingerprint density at radius 3 is 2.63 bits per heavy atom. The lowest BCUT2D eigenvalue weighted by atomic mass is 9.91. The van der Waals surface area contributed by atoms with Gasteiger partial charge in [-0.2, -0.15) is 0 Å². The number of aliphatic hydroxyl groups excluding tert-OH is 1. The molecule has 1 aromatic rings. The molecule has 1 heterocycles. The van der Waals surface area contributed by atoms with Gasteiger partial charge in [0, 0.05) is 31.2 Å². The van der Waals surface area contributed by atoms with Crippen molar-refractivity contribution in [3.05, 3.63) is 17.0 Å². The molecule has 0 saturated heterocycles. The molecule has 0 bridgehead atoms. The van der Waals surface area contributed by atoms with E-state index in [4.69, 9.17) is 21.7 Å². The number of rotatable bonds is 6. The Morgan fingerprint density at radius 2 is 2.05 bits per heavy atom. The third kappa shape index (κ3) is 3.00. The maximum absolute atomic E-state index is 9.06. The molecule has 0 atom stereocenters. The highest BCUT2D eigenvalue weighted by Gasteiger charge is 2.30. The number of halogens is 1. The number of hydrogen-bond acceptors (Lipinski definition) is 4. The highest BCUT2D eigenvalue weighted by atomic mass is 35.5. The van der Waals surface area contributed by atoms with Crippen molar-refractivity contribution in [1.82, 2.24) is 9.97 Å². The second-order valence-corrected chi connectivity index (χ2v) is 5.92. The predicted molar refractivity (Wildman–Crippen MR) is 75.7 cm³/mol. The Labute approximate surface area is 118 Å². The summed E-state index contributed by atoms with van der Waals surface area (Å²) in [5, 5.41) is 9.60. The largest absolute Gasteiger partial charge is 0.396 e. The molecule has 1 N–H and O–H groups in total. The summed E-state index contributed by atoms with van der Waals surface area (Å²) in [6.45, 7) is 1.07. The second-order valence-electron chi connectivity index (χ2n) is 5.54. The van der Waals surface area contributed by atoms with Crippen molar-refractivity contribution < 1.29 is 5.11 Å². The van der Waals surface area contributed by atoms with E-state index in [2.05, 4.69) is 9.88 Å². The van der Waals surface area contributed by atoms with Crippen molar-refractivity contribution in [2.45, 2.75) is 50.5 Å². The van der Waals surface area contributed by atoms with Crippen LogP contribution < -0.4 is 4.90 Å². The van der Waals surface area contributed by atoms with Crippen LogP contribution in [0.25, 0.3) is 0 Å². The molecule has 0 radical (unpaired) electrons. The van der Waals surface area contributed by atoms with E-state index in [0.29, 0.717) is 17.1 Å². The lowest BCUT2D eigenvalue weighted by molar-refractivity contribution is 0.282. The van der Waals surface area contributed by atoms with Gasteiger partial charge in [0.05, 0.1) is 0 Å². The van der Waals surface area contributed by atoms with Crippen molar-refractivity contribution in [3.63, 3.8) is 0 Å². The van der Waals surface area contributed by atoms with Crippen LogP contribution in [-0.2, 0) is 0 Å². The van der Waals surface area contributed by atoms with E-state index in [1.807, 2.05) is 6.07 Å². The van der Waals surface area contributed by atoms with Crippen LogP contribution in [0.15, 0.2) is 6.07 Å². The van der Waals surface area contributed by atoms with Crippen molar-refractivity contribution in [1.29, 1.82) is 0 Å². The normalized spacial score (nSPS) is 19.3. The topological polar surface area (TPSA) is 49.2 Å². The van der Waals surface area contributed by atoms with E-state index in [1.54, 1.807) is 0 Å². The smallest absolute Gasteiger partial charge is 0.135 e. The molecule has 2 fully saturated rings. The third-order valence-electron chi connectivity index (χ3n) is 4.01. The van der Waals surface area contributed by atoms with Crippen molar-refractivity contribution >= 4 is 17.4 Å². The zero-order valence-electron chi connectivity index (χ0n) is 11.1. The van der Waals surface area contributed by atoms with E-state index in [0.717, 1.165) is 24.6 Å². The van der Waals surface area contributed by atoms with Crippen LogP contribution in [0.4, 0.5) is 5.82 Å². The van der Waals surface area contributed by atoms with Gasteiger partial charge in [0.15, 0.2) is 0 Å². The summed E-state index contributed by atoms with van der Waals surface area (Å²) in [5.41, 5.74) is 0. The van der Waals surface area contributed by atoms with Crippen LogP contribution in [0.2, 0.25) is 5.15 Å². The van der Waals surface area contributed by atoms with Crippen molar-refractivity contribution in [2.24, 2.45) is 0 Å². The van der Waals surface area contributed by atoms with E-state index in [9.17, 15) is 0 Å². The van der Waals surface area contributed by atoms with Crippen LogP contribution in [0.1, 0.15) is 50.3 Å². The highest BCUT2D eigenvalue weighted by molar-refractivity contribution is 6.29. The Kier molecular flexibility index (Phi) is 3.89. The molecule has 19 heavy (non-hydrogen) atoms. The van der Waals surface area contributed by atoms with Crippen LogP contribution in [-0.4, -0.2) is 34.3 Å². The van der Waals surface area contributed by atoms with Gasteiger partial charge in [-0.1, -0.05) is 11.6 Å². The van der Waals surface area contributed by atoms with Crippen LogP contribution >= 0.6 is 11.6 Å². The average Bonchev–Trinajstić information content (AvgIpc) is 3.15. The Bertz CT molecular complexity index is 446. The van der Waals surface area contributed by atoms with Gasteiger partial charge in [-0.3, -0.25) is 0 Å². The zero-order valence-corrected chi connectivity index (χ0v) is 11.8. The minimum atomic E-state index is 0.220. The van der Waals surface area contributed by atoms with E-state index in [1.165, 1.54) is 32.1 Å². The first kappa shape index (κ1) is 13.1. The van der Waals surface area contributed by atoms with E-state index >= 15 is 0 Å². The fourth-order valence-corrected chi connectivity index (χ4v) is 2.70. The van der Waals surface area contributed by atoms with Gasteiger partial charge < -0.3 is 10.0 Å². The van der Waals surface area contributed by atoms with Gasteiger partial charge in [0.1, 0.15) is 16.8 Å². The van der Waals surface area contributed by atoms with Gasteiger partial charge in [-0.05, 0) is 38.5 Å². The predicted octanol–water partition coefficient (Wildman–Crippen LogP) is 2.75. The van der Waals surface area contributed by atoms with Gasteiger partial charge >= 0.3 is 0 Å². The number of aliphatic hydroxyl groups is 1. The van der Waals surface area contributed by atoms with Gasteiger partial charge in [0.2, 0.25) is 0 Å². The fourth-order valence-electron chi connectivity index (χ4n) is 2.52. The molecule has 4 nitrogen and oxygen atoms in total. The molecule has 1 aromatic heterocycles. The minimum Gasteiger partial charge on any atom is -0.396 e. The Morgan fingerprint density at radius 1 is 1.26 bits per heavy atom. The Balaban J connectivity index is 1.83. The highest BCUT2D eigenvalue weighted by Crippen LogP contribution is 2.39. The fraction of sp³-hybridized carbons (Fsp3) is 0.714. The SMILES string of the molecule is OCCCN(c1cc(Cl)nc(C2CC2)n1)C1CCC1. The lowest BCUT2D eigenvalue weighted by Gasteiger charge is -2.38. The summed E-state index contributed by atoms with van der Waals surface area (Å²) in [6.07, 6.45) is 6.85. The summed E-state index contributed by atoms with van der Waals surface area (Å²) in [6, 6.07) is 2.42. The molecule has 3 rings (SSSR count). The summed E-state index contributed by atoms with van der Waals surface area (Å²) in [4.78, 5) is 11.3. The van der Waals surface area contributed by atoms with Gasteiger partial charge in [-0.25, -0.2) is 9.97 Å². The number of hydrogen-bond donors (Lipinski definition) is 1. The van der Waals surface area contributed by atoms with Crippen molar-refractivity contribution in [2.75, 3.05) is 18.1 Å². The third-order valence-corrected chi connectivity index (χ3v) is 4.20. The number of anilines is 1. The van der Waals surface area contributed by atoms with E-state index in [-0.39, 0.29) is 6.61 Å². The quantitative estimate of drug-likeness (QED) is 0.815. The molecule has 0 spiro atoms. The molecular weight excluding hydrogens is 262 g/mol. The summed E-state index contributed by atoms with van der Waals surface area (Å²) in [7, 11) is 0. The molecule has 0 aliphatic heterocycles.